The Kier molecular flexibility index (Phi) is 4.00. The summed E-state index contributed by atoms with van der Waals surface area (Å²) < 4.78 is 5.85. The minimum absolute atomic E-state index is 0.0221. The predicted octanol–water partition coefficient (Wildman–Crippen LogP) is 2.03. The first-order chi connectivity index (χ1) is 10.1. The Balaban J connectivity index is 1.83. The molecule has 4 nitrogen and oxygen atoms in total. The maximum Gasteiger partial charge on any atom is 0.247 e. The normalized spacial score (nSPS) is 28.6. The Hall–Kier alpha value is -1.39. The molecule has 1 saturated carbocycles. The average Bonchev–Trinajstić information content (AvgIpc) is 2.54. The number of morpholine rings is 1. The van der Waals surface area contributed by atoms with Crippen LogP contribution in [0.3, 0.4) is 0 Å². The third-order valence-corrected chi connectivity index (χ3v) is 4.81. The Morgan fingerprint density at radius 1 is 1.29 bits per heavy atom. The minimum Gasteiger partial charge on any atom is -0.374 e. The van der Waals surface area contributed by atoms with Crippen molar-refractivity contribution in [3.8, 4) is 0 Å². The molecule has 21 heavy (non-hydrogen) atoms. The summed E-state index contributed by atoms with van der Waals surface area (Å²) in [6.45, 7) is 3.09. The van der Waals surface area contributed by atoms with Crippen LogP contribution in [0, 0.1) is 0 Å². The zero-order valence-corrected chi connectivity index (χ0v) is 12.6. The van der Waals surface area contributed by atoms with Gasteiger partial charge in [0, 0.05) is 6.54 Å². The lowest BCUT2D eigenvalue weighted by atomic mass is 9.86. The van der Waals surface area contributed by atoms with E-state index in [2.05, 4.69) is 0 Å². The van der Waals surface area contributed by atoms with Crippen molar-refractivity contribution in [3.63, 3.8) is 0 Å². The van der Waals surface area contributed by atoms with Crippen molar-refractivity contribution in [2.45, 2.75) is 50.3 Å². The second-order valence-corrected chi connectivity index (χ2v) is 6.33. The molecule has 2 fully saturated rings. The molecule has 1 aliphatic heterocycles. The molecule has 1 heterocycles. The Labute approximate surface area is 126 Å². The summed E-state index contributed by atoms with van der Waals surface area (Å²) >= 11 is 0. The monoisotopic (exact) mass is 288 g/mol. The van der Waals surface area contributed by atoms with Crippen LogP contribution in [0.15, 0.2) is 30.3 Å². The Morgan fingerprint density at radius 3 is 2.76 bits per heavy atom. The first-order valence-corrected chi connectivity index (χ1v) is 7.88. The van der Waals surface area contributed by atoms with E-state index in [0.29, 0.717) is 13.2 Å². The van der Waals surface area contributed by atoms with E-state index in [9.17, 15) is 4.79 Å². The van der Waals surface area contributed by atoms with Crippen molar-refractivity contribution in [3.05, 3.63) is 35.9 Å². The van der Waals surface area contributed by atoms with Crippen molar-refractivity contribution < 1.29 is 9.53 Å². The van der Waals surface area contributed by atoms with Gasteiger partial charge >= 0.3 is 0 Å². The lowest BCUT2D eigenvalue weighted by Gasteiger charge is -2.46. The topological polar surface area (TPSA) is 55.6 Å². The van der Waals surface area contributed by atoms with Gasteiger partial charge in [0.15, 0.2) is 0 Å². The van der Waals surface area contributed by atoms with Crippen molar-refractivity contribution in [1.82, 2.24) is 4.90 Å². The smallest absolute Gasteiger partial charge is 0.247 e. The second kappa shape index (κ2) is 5.78. The van der Waals surface area contributed by atoms with Gasteiger partial charge in [-0.15, -0.1) is 0 Å². The van der Waals surface area contributed by atoms with E-state index in [1.54, 1.807) is 0 Å². The van der Waals surface area contributed by atoms with Crippen molar-refractivity contribution in [1.29, 1.82) is 0 Å². The highest BCUT2D eigenvalue weighted by Crippen LogP contribution is 2.31. The highest BCUT2D eigenvalue weighted by Gasteiger charge is 2.42. The van der Waals surface area contributed by atoms with Gasteiger partial charge < -0.3 is 15.4 Å². The first kappa shape index (κ1) is 14.5. The number of nitrogens with two attached hydrogens (primary N) is 1. The minimum atomic E-state index is -0.972. The molecule has 3 rings (SSSR count). The molecule has 0 bridgehead atoms. The lowest BCUT2D eigenvalue weighted by Crippen LogP contribution is -2.61. The summed E-state index contributed by atoms with van der Waals surface area (Å²) in [6.07, 6.45) is 4.65. The summed E-state index contributed by atoms with van der Waals surface area (Å²) in [4.78, 5) is 15.0. The van der Waals surface area contributed by atoms with E-state index in [1.807, 2.05) is 42.2 Å². The summed E-state index contributed by atoms with van der Waals surface area (Å²) in [5.74, 6) is 0.0221. The summed E-state index contributed by atoms with van der Waals surface area (Å²) in [7, 11) is 0. The third kappa shape index (κ3) is 2.70. The van der Waals surface area contributed by atoms with Crippen LogP contribution < -0.4 is 5.73 Å². The fourth-order valence-corrected chi connectivity index (χ4v) is 3.55. The van der Waals surface area contributed by atoms with Crippen LogP contribution in [0.5, 0.6) is 0 Å². The molecule has 0 aromatic heterocycles. The predicted molar refractivity (Wildman–Crippen MR) is 81.7 cm³/mol. The van der Waals surface area contributed by atoms with Gasteiger partial charge in [0.05, 0.1) is 18.8 Å². The van der Waals surface area contributed by atoms with E-state index >= 15 is 0 Å². The zero-order chi connectivity index (χ0) is 14.9. The summed E-state index contributed by atoms with van der Waals surface area (Å²) in [6, 6.07) is 9.85. The Bertz CT molecular complexity index is 499. The molecule has 1 aliphatic carbocycles. The second-order valence-electron chi connectivity index (χ2n) is 6.33. The quantitative estimate of drug-likeness (QED) is 0.906. The largest absolute Gasteiger partial charge is 0.374 e. The van der Waals surface area contributed by atoms with Crippen molar-refractivity contribution >= 4 is 5.91 Å². The summed E-state index contributed by atoms with van der Waals surface area (Å²) in [5, 5.41) is 0. The fraction of sp³-hybridized carbons (Fsp3) is 0.588. The van der Waals surface area contributed by atoms with E-state index < -0.39 is 5.54 Å². The maximum atomic E-state index is 13.0. The number of benzene rings is 1. The standard InChI is InChI=1S/C17H24N2O2/c1-17(18,13-7-3-2-4-8-13)16(20)19-11-12-21-15-10-6-5-9-14(15)19/h2-4,7-8,14-15H,5-6,9-12,18H2,1H3. The molecule has 2 aliphatic rings. The number of carbonyl (C=O) groups is 1. The number of nitrogens with zero attached hydrogens (tertiary/aromatic N) is 1. The van der Waals surface area contributed by atoms with Crippen LogP contribution in [-0.4, -0.2) is 36.1 Å². The number of amides is 1. The van der Waals surface area contributed by atoms with Crippen LogP contribution in [0.1, 0.15) is 38.2 Å². The highest BCUT2D eigenvalue weighted by atomic mass is 16.5. The fourth-order valence-electron chi connectivity index (χ4n) is 3.55. The zero-order valence-electron chi connectivity index (χ0n) is 12.6. The van der Waals surface area contributed by atoms with Crippen LogP contribution in [-0.2, 0) is 15.1 Å². The third-order valence-electron chi connectivity index (χ3n) is 4.81. The molecular weight excluding hydrogens is 264 g/mol. The molecule has 3 unspecified atom stereocenters. The Morgan fingerprint density at radius 2 is 2.00 bits per heavy atom. The van der Waals surface area contributed by atoms with Gasteiger partial charge in [-0.25, -0.2) is 0 Å². The molecule has 3 atom stereocenters. The number of hydrogen-bond acceptors (Lipinski definition) is 3. The van der Waals surface area contributed by atoms with Gasteiger partial charge in [-0.1, -0.05) is 43.2 Å². The molecule has 1 amide bonds. The number of carbonyl (C=O) groups excluding carboxylic acids is 1. The van der Waals surface area contributed by atoms with Gasteiger partial charge in [0.25, 0.3) is 0 Å². The highest BCUT2D eigenvalue weighted by molar-refractivity contribution is 5.87. The molecule has 1 saturated heterocycles. The van der Waals surface area contributed by atoms with E-state index in [0.717, 1.165) is 18.4 Å². The molecular formula is C17H24N2O2. The van der Waals surface area contributed by atoms with Crippen LogP contribution >= 0.6 is 0 Å². The van der Waals surface area contributed by atoms with Crippen LogP contribution in [0.25, 0.3) is 0 Å². The van der Waals surface area contributed by atoms with Gasteiger partial charge in [-0.05, 0) is 25.3 Å². The molecule has 0 spiro atoms. The number of rotatable bonds is 2. The average molecular weight is 288 g/mol. The van der Waals surface area contributed by atoms with Crippen LogP contribution in [0.2, 0.25) is 0 Å². The molecule has 114 valence electrons. The van der Waals surface area contributed by atoms with Crippen LogP contribution in [0.4, 0.5) is 0 Å². The lowest BCUT2D eigenvalue weighted by molar-refractivity contribution is -0.155. The summed E-state index contributed by atoms with van der Waals surface area (Å²) in [5.41, 5.74) is 6.30. The number of hydrogen-bond donors (Lipinski definition) is 1. The maximum absolute atomic E-state index is 13.0. The van der Waals surface area contributed by atoms with Crippen molar-refractivity contribution in [2.24, 2.45) is 5.73 Å². The van der Waals surface area contributed by atoms with Gasteiger partial charge in [0.2, 0.25) is 5.91 Å². The molecule has 1 aromatic carbocycles. The molecule has 0 radical (unpaired) electrons. The van der Waals surface area contributed by atoms with E-state index in [1.165, 1.54) is 12.8 Å². The van der Waals surface area contributed by atoms with E-state index in [-0.39, 0.29) is 18.1 Å². The van der Waals surface area contributed by atoms with Crippen molar-refractivity contribution in [2.75, 3.05) is 13.2 Å². The number of fused-ring (bicyclic) bond motifs is 1. The molecule has 4 heteroatoms. The van der Waals surface area contributed by atoms with Gasteiger partial charge in [0.1, 0.15) is 5.54 Å². The number of ether oxygens (including phenoxy) is 1. The first-order valence-electron chi connectivity index (χ1n) is 7.88. The van der Waals surface area contributed by atoms with Gasteiger partial charge in [-0.3, -0.25) is 4.79 Å². The van der Waals surface area contributed by atoms with Gasteiger partial charge in [-0.2, -0.15) is 0 Å². The van der Waals surface area contributed by atoms with E-state index in [4.69, 9.17) is 10.5 Å². The SMILES string of the molecule is CC(N)(C(=O)N1CCOC2CCCCC21)c1ccccc1. The molecule has 1 aromatic rings. The molecule has 2 N–H and O–H groups in total.